The summed E-state index contributed by atoms with van der Waals surface area (Å²) < 4.78 is 28.2. The maximum Gasteiger partial charge on any atom is 0.270 e. The highest BCUT2D eigenvalue weighted by Crippen LogP contribution is 2.29. The Morgan fingerprint density at radius 1 is 1.31 bits per heavy atom. The molecule has 1 saturated heterocycles. The number of anilines is 2. The lowest BCUT2D eigenvalue weighted by Crippen LogP contribution is -2.36. The fourth-order valence-electron chi connectivity index (χ4n) is 2.63. The smallest absolute Gasteiger partial charge is 0.270 e. The summed E-state index contributed by atoms with van der Waals surface area (Å²) >= 11 is 6.00. The third-order valence-corrected chi connectivity index (χ3v) is 5.89. The topological polar surface area (TPSA) is 110 Å². The van der Waals surface area contributed by atoms with Crippen LogP contribution in [0, 0.1) is 0 Å². The van der Waals surface area contributed by atoms with Gasteiger partial charge in [-0.25, -0.2) is 18.4 Å². The van der Waals surface area contributed by atoms with E-state index in [0.717, 1.165) is 0 Å². The Balaban J connectivity index is 1.74. The van der Waals surface area contributed by atoms with Crippen LogP contribution in [0.3, 0.4) is 0 Å². The van der Waals surface area contributed by atoms with Crippen molar-refractivity contribution >= 4 is 38.9 Å². The SMILES string of the molecule is COc1ccc(Cl)cc1Nc1cc(C(=O)NC2CCS(=O)(=O)C2)ncn1. The van der Waals surface area contributed by atoms with Crippen LogP contribution >= 0.6 is 11.6 Å². The first kappa shape index (κ1) is 18.4. The zero-order valence-electron chi connectivity index (χ0n) is 13.9. The molecule has 1 atom stereocenters. The number of nitrogens with zero attached hydrogens (tertiary/aromatic N) is 2. The lowest BCUT2D eigenvalue weighted by molar-refractivity contribution is 0.0936. The van der Waals surface area contributed by atoms with Crippen LogP contribution < -0.4 is 15.4 Å². The van der Waals surface area contributed by atoms with Gasteiger partial charge in [-0.15, -0.1) is 0 Å². The number of methoxy groups -OCH3 is 1. The first-order valence-corrected chi connectivity index (χ1v) is 10.00. The van der Waals surface area contributed by atoms with E-state index in [2.05, 4.69) is 20.6 Å². The van der Waals surface area contributed by atoms with Crippen molar-refractivity contribution in [2.45, 2.75) is 12.5 Å². The number of hydrogen-bond acceptors (Lipinski definition) is 7. The summed E-state index contributed by atoms with van der Waals surface area (Å²) in [6.07, 6.45) is 1.66. The van der Waals surface area contributed by atoms with E-state index < -0.39 is 21.8 Å². The molecule has 1 aromatic carbocycles. The Labute approximate surface area is 155 Å². The van der Waals surface area contributed by atoms with Gasteiger partial charge in [0, 0.05) is 17.1 Å². The molecule has 10 heteroatoms. The van der Waals surface area contributed by atoms with Gasteiger partial charge in [-0.3, -0.25) is 4.79 Å². The van der Waals surface area contributed by atoms with E-state index in [0.29, 0.717) is 28.7 Å². The van der Waals surface area contributed by atoms with Gasteiger partial charge < -0.3 is 15.4 Å². The Bertz CT molecular complexity index is 936. The van der Waals surface area contributed by atoms with Crippen molar-refractivity contribution in [3.8, 4) is 5.75 Å². The largest absolute Gasteiger partial charge is 0.495 e. The number of benzene rings is 1. The third kappa shape index (κ3) is 4.41. The van der Waals surface area contributed by atoms with E-state index in [1.807, 2.05) is 0 Å². The first-order chi connectivity index (χ1) is 12.4. The second kappa shape index (κ2) is 7.46. The summed E-state index contributed by atoms with van der Waals surface area (Å²) in [6, 6.07) is 6.15. The number of carbonyl (C=O) groups is 1. The minimum atomic E-state index is -3.07. The van der Waals surface area contributed by atoms with Gasteiger partial charge in [-0.05, 0) is 24.6 Å². The zero-order chi connectivity index (χ0) is 18.7. The van der Waals surface area contributed by atoms with Gasteiger partial charge in [0.1, 0.15) is 23.6 Å². The van der Waals surface area contributed by atoms with Crippen molar-refractivity contribution in [1.29, 1.82) is 0 Å². The van der Waals surface area contributed by atoms with E-state index in [-0.39, 0.29) is 17.2 Å². The van der Waals surface area contributed by atoms with Crippen molar-refractivity contribution in [1.82, 2.24) is 15.3 Å². The number of carbonyl (C=O) groups excluding carboxylic acids is 1. The molecule has 2 aromatic rings. The Kier molecular flexibility index (Phi) is 5.28. The Morgan fingerprint density at radius 2 is 2.12 bits per heavy atom. The Hall–Kier alpha value is -2.39. The number of nitrogens with one attached hydrogen (secondary N) is 2. The van der Waals surface area contributed by atoms with Gasteiger partial charge in [0.15, 0.2) is 9.84 Å². The van der Waals surface area contributed by atoms with Crippen molar-refractivity contribution in [2.24, 2.45) is 0 Å². The van der Waals surface area contributed by atoms with E-state index >= 15 is 0 Å². The predicted molar refractivity (Wildman–Crippen MR) is 97.8 cm³/mol. The molecular weight excluding hydrogens is 380 g/mol. The van der Waals surface area contributed by atoms with Crippen LogP contribution in [0.1, 0.15) is 16.9 Å². The summed E-state index contributed by atoms with van der Waals surface area (Å²) in [5.74, 6) is 0.535. The second-order valence-electron chi connectivity index (χ2n) is 5.83. The van der Waals surface area contributed by atoms with Gasteiger partial charge in [0.25, 0.3) is 5.91 Å². The number of aromatic nitrogens is 2. The molecule has 26 heavy (non-hydrogen) atoms. The van der Waals surface area contributed by atoms with Crippen LogP contribution in [0.2, 0.25) is 5.02 Å². The molecule has 1 aliphatic heterocycles. The Morgan fingerprint density at radius 3 is 2.81 bits per heavy atom. The van der Waals surface area contributed by atoms with Crippen LogP contribution in [-0.4, -0.2) is 49.0 Å². The van der Waals surface area contributed by atoms with Gasteiger partial charge >= 0.3 is 0 Å². The van der Waals surface area contributed by atoms with Gasteiger partial charge in [0.2, 0.25) is 0 Å². The molecule has 138 valence electrons. The van der Waals surface area contributed by atoms with E-state index in [1.165, 1.54) is 19.5 Å². The van der Waals surface area contributed by atoms with Crippen LogP contribution in [0.15, 0.2) is 30.6 Å². The van der Waals surface area contributed by atoms with Crippen LogP contribution in [-0.2, 0) is 9.84 Å². The number of ether oxygens (including phenoxy) is 1. The van der Waals surface area contributed by atoms with Crippen molar-refractivity contribution in [3.63, 3.8) is 0 Å². The van der Waals surface area contributed by atoms with E-state index in [9.17, 15) is 13.2 Å². The molecule has 1 fully saturated rings. The maximum absolute atomic E-state index is 12.3. The molecule has 0 bridgehead atoms. The molecule has 0 aliphatic carbocycles. The minimum Gasteiger partial charge on any atom is -0.495 e. The lowest BCUT2D eigenvalue weighted by atomic mass is 10.2. The molecule has 2 N–H and O–H groups in total. The molecule has 0 radical (unpaired) electrons. The highest BCUT2D eigenvalue weighted by atomic mass is 35.5. The highest BCUT2D eigenvalue weighted by Gasteiger charge is 2.29. The van der Waals surface area contributed by atoms with Crippen molar-refractivity contribution in [3.05, 3.63) is 41.3 Å². The number of halogens is 1. The van der Waals surface area contributed by atoms with Gasteiger partial charge in [-0.2, -0.15) is 0 Å². The number of rotatable bonds is 5. The molecule has 1 unspecified atom stereocenters. The predicted octanol–water partition coefficient (Wildman–Crippen LogP) is 1.80. The van der Waals surface area contributed by atoms with Crippen LogP contribution in [0.5, 0.6) is 5.75 Å². The summed E-state index contributed by atoms with van der Waals surface area (Å²) in [6.45, 7) is 0. The van der Waals surface area contributed by atoms with Crippen LogP contribution in [0.25, 0.3) is 0 Å². The zero-order valence-corrected chi connectivity index (χ0v) is 15.5. The van der Waals surface area contributed by atoms with Gasteiger partial charge in [0.05, 0.1) is 24.3 Å². The molecule has 0 saturated carbocycles. The second-order valence-corrected chi connectivity index (χ2v) is 8.50. The molecule has 1 aliphatic rings. The molecule has 0 spiro atoms. The highest BCUT2D eigenvalue weighted by molar-refractivity contribution is 7.91. The molecular formula is C16H17ClN4O4S. The molecule has 3 rings (SSSR count). The molecule has 1 aromatic heterocycles. The minimum absolute atomic E-state index is 0.0470. The summed E-state index contributed by atoms with van der Waals surface area (Å²) in [4.78, 5) is 20.4. The van der Waals surface area contributed by atoms with Crippen LogP contribution in [0.4, 0.5) is 11.5 Å². The van der Waals surface area contributed by atoms with E-state index in [4.69, 9.17) is 16.3 Å². The van der Waals surface area contributed by atoms with Gasteiger partial charge in [-0.1, -0.05) is 11.6 Å². The molecule has 8 nitrogen and oxygen atoms in total. The fraction of sp³-hybridized carbons (Fsp3) is 0.312. The fourth-order valence-corrected chi connectivity index (χ4v) is 4.48. The standard InChI is InChI=1S/C16H17ClN4O4S/c1-25-14-3-2-10(17)6-12(14)21-15-7-13(18-9-19-15)16(22)20-11-4-5-26(23,24)8-11/h2-3,6-7,9,11H,4-5,8H2,1H3,(H,20,22)(H,18,19,21). The lowest BCUT2D eigenvalue weighted by Gasteiger charge is -2.12. The molecule has 2 heterocycles. The maximum atomic E-state index is 12.3. The quantitative estimate of drug-likeness (QED) is 0.792. The normalized spacial score (nSPS) is 18.3. The first-order valence-electron chi connectivity index (χ1n) is 7.80. The van der Waals surface area contributed by atoms with Crippen molar-refractivity contribution in [2.75, 3.05) is 23.9 Å². The monoisotopic (exact) mass is 396 g/mol. The summed E-state index contributed by atoms with van der Waals surface area (Å²) in [5, 5.41) is 6.24. The summed E-state index contributed by atoms with van der Waals surface area (Å²) in [5.41, 5.74) is 0.722. The number of sulfone groups is 1. The average molecular weight is 397 g/mol. The third-order valence-electron chi connectivity index (χ3n) is 3.89. The average Bonchev–Trinajstić information content (AvgIpc) is 2.94. The number of amides is 1. The van der Waals surface area contributed by atoms with E-state index in [1.54, 1.807) is 18.2 Å². The molecule has 1 amide bonds. The summed E-state index contributed by atoms with van der Waals surface area (Å²) in [7, 11) is -1.54. The van der Waals surface area contributed by atoms with Crippen molar-refractivity contribution < 1.29 is 17.9 Å². The number of hydrogen-bond donors (Lipinski definition) is 2.